The van der Waals surface area contributed by atoms with Gasteiger partial charge in [0.05, 0.1) is 0 Å². The molecule has 1 saturated heterocycles. The van der Waals surface area contributed by atoms with E-state index in [1.807, 2.05) is 72.8 Å². The molecule has 0 unspecified atom stereocenters. The summed E-state index contributed by atoms with van der Waals surface area (Å²) in [5, 5.41) is 2.94. The number of ether oxygens (including phenoxy) is 1. The Morgan fingerprint density at radius 3 is 2.11 bits per heavy atom. The summed E-state index contributed by atoms with van der Waals surface area (Å²) < 4.78 is 5.42. The van der Waals surface area contributed by atoms with Crippen LogP contribution in [0.25, 0.3) is 5.57 Å². The van der Waals surface area contributed by atoms with E-state index in [4.69, 9.17) is 4.74 Å². The number of hydrogen-bond donors (Lipinski definition) is 1. The highest BCUT2D eigenvalue weighted by Crippen LogP contribution is 2.35. The number of anilines is 1. The molecule has 2 aliphatic heterocycles. The van der Waals surface area contributed by atoms with Gasteiger partial charge < -0.3 is 19.9 Å². The Balaban J connectivity index is 1.30. The molecule has 0 aromatic heterocycles. The fourth-order valence-corrected chi connectivity index (χ4v) is 4.37. The molecule has 7 nitrogen and oxygen atoms in total. The van der Waals surface area contributed by atoms with Gasteiger partial charge in [-0.15, -0.1) is 0 Å². The topological polar surface area (TPSA) is 79.0 Å². The molecular weight excluding hydrogens is 442 g/mol. The Morgan fingerprint density at radius 1 is 0.771 bits per heavy atom. The zero-order valence-corrected chi connectivity index (χ0v) is 19.1. The van der Waals surface area contributed by atoms with Crippen molar-refractivity contribution in [1.82, 2.24) is 9.80 Å². The summed E-state index contributed by atoms with van der Waals surface area (Å²) in [5.41, 5.74) is 4.32. The first-order valence-corrected chi connectivity index (χ1v) is 11.6. The van der Waals surface area contributed by atoms with Crippen molar-refractivity contribution in [2.45, 2.75) is 6.61 Å². The molecule has 3 amide bonds. The van der Waals surface area contributed by atoms with E-state index in [0.29, 0.717) is 48.6 Å². The van der Waals surface area contributed by atoms with Gasteiger partial charge >= 0.3 is 6.09 Å². The van der Waals surface area contributed by atoms with Gasteiger partial charge in [-0.1, -0.05) is 66.7 Å². The zero-order valence-electron chi connectivity index (χ0n) is 19.1. The number of benzene rings is 3. The number of nitrogens with zero attached hydrogens (tertiary/aromatic N) is 2. The molecule has 1 fully saturated rings. The van der Waals surface area contributed by atoms with Crippen LogP contribution in [0.15, 0.2) is 84.9 Å². The quantitative estimate of drug-likeness (QED) is 0.587. The van der Waals surface area contributed by atoms with Crippen molar-refractivity contribution >= 4 is 29.2 Å². The number of rotatable bonds is 3. The lowest BCUT2D eigenvalue weighted by atomic mass is 9.93. The monoisotopic (exact) mass is 467 g/mol. The highest BCUT2D eigenvalue weighted by Gasteiger charge is 2.27. The van der Waals surface area contributed by atoms with Crippen LogP contribution in [0, 0.1) is 0 Å². The van der Waals surface area contributed by atoms with Crippen LogP contribution in [0.3, 0.4) is 0 Å². The molecule has 0 atom stereocenters. The highest BCUT2D eigenvalue weighted by atomic mass is 16.6. The van der Waals surface area contributed by atoms with Gasteiger partial charge in [-0.2, -0.15) is 0 Å². The minimum Gasteiger partial charge on any atom is -0.445 e. The molecule has 2 aliphatic rings. The minimum absolute atomic E-state index is 0.156. The number of carbonyl (C=O) groups is 3. The van der Waals surface area contributed by atoms with Crippen molar-refractivity contribution in [3.05, 3.63) is 107 Å². The van der Waals surface area contributed by atoms with Crippen molar-refractivity contribution in [2.75, 3.05) is 31.5 Å². The Labute approximate surface area is 203 Å². The molecule has 176 valence electrons. The van der Waals surface area contributed by atoms with Gasteiger partial charge in [-0.05, 0) is 28.8 Å². The van der Waals surface area contributed by atoms with Gasteiger partial charge in [0, 0.05) is 49.1 Å². The van der Waals surface area contributed by atoms with Gasteiger partial charge in [-0.25, -0.2) is 4.79 Å². The van der Waals surface area contributed by atoms with E-state index in [0.717, 1.165) is 11.1 Å². The first-order valence-electron chi connectivity index (χ1n) is 11.6. The second kappa shape index (κ2) is 9.85. The summed E-state index contributed by atoms with van der Waals surface area (Å²) in [4.78, 5) is 41.8. The van der Waals surface area contributed by atoms with E-state index in [-0.39, 0.29) is 24.5 Å². The Morgan fingerprint density at radius 2 is 1.37 bits per heavy atom. The number of nitrogens with one attached hydrogen (secondary N) is 1. The number of amides is 3. The molecule has 1 N–H and O–H groups in total. The molecule has 0 bridgehead atoms. The fraction of sp³-hybridized carbons (Fsp3) is 0.179. The summed E-state index contributed by atoms with van der Waals surface area (Å²) in [6.45, 7) is 1.83. The predicted octanol–water partition coefficient (Wildman–Crippen LogP) is 4.17. The van der Waals surface area contributed by atoms with Gasteiger partial charge in [0.2, 0.25) is 5.91 Å². The van der Waals surface area contributed by atoms with E-state index >= 15 is 0 Å². The number of hydrogen-bond acceptors (Lipinski definition) is 4. The molecule has 0 saturated carbocycles. The summed E-state index contributed by atoms with van der Waals surface area (Å²) in [7, 11) is 0. The summed E-state index contributed by atoms with van der Waals surface area (Å²) >= 11 is 0. The second-order valence-corrected chi connectivity index (χ2v) is 8.46. The smallest absolute Gasteiger partial charge is 0.410 e. The molecule has 0 radical (unpaired) electrons. The Bertz CT molecular complexity index is 1290. The van der Waals surface area contributed by atoms with Gasteiger partial charge in [0.15, 0.2) is 0 Å². The molecule has 0 spiro atoms. The second-order valence-electron chi connectivity index (χ2n) is 8.46. The van der Waals surface area contributed by atoms with Crippen LogP contribution in [0.4, 0.5) is 10.5 Å². The van der Waals surface area contributed by atoms with Crippen LogP contribution in [0.1, 0.15) is 27.0 Å². The van der Waals surface area contributed by atoms with E-state index in [1.54, 1.807) is 21.9 Å². The highest BCUT2D eigenvalue weighted by molar-refractivity contribution is 6.14. The molecule has 0 aliphatic carbocycles. The van der Waals surface area contributed by atoms with Gasteiger partial charge in [0.25, 0.3) is 5.91 Å². The Hall–Kier alpha value is -4.39. The van der Waals surface area contributed by atoms with Crippen LogP contribution >= 0.6 is 0 Å². The van der Waals surface area contributed by atoms with Crippen LogP contribution in [0.2, 0.25) is 0 Å². The number of piperazine rings is 1. The van der Waals surface area contributed by atoms with Gasteiger partial charge in [-0.3, -0.25) is 9.59 Å². The third-order valence-electron chi connectivity index (χ3n) is 6.25. The summed E-state index contributed by atoms with van der Waals surface area (Å²) in [6, 6.07) is 24.3. The Kier molecular flexibility index (Phi) is 6.30. The van der Waals surface area contributed by atoms with Crippen molar-refractivity contribution in [3.8, 4) is 0 Å². The lowest BCUT2D eigenvalue weighted by Gasteiger charge is -2.33. The van der Waals surface area contributed by atoms with Crippen LogP contribution in [-0.4, -0.2) is 53.9 Å². The summed E-state index contributed by atoms with van der Waals surface area (Å²) in [5.74, 6) is -0.359. The lowest BCUT2D eigenvalue weighted by Crippen LogP contribution is -2.50. The average molecular weight is 468 g/mol. The molecular formula is C28H25N3O4. The van der Waals surface area contributed by atoms with E-state index in [2.05, 4.69) is 5.32 Å². The average Bonchev–Trinajstić information content (AvgIpc) is 3.02. The lowest BCUT2D eigenvalue weighted by molar-refractivity contribution is -0.127. The largest absolute Gasteiger partial charge is 0.445 e. The molecule has 35 heavy (non-hydrogen) atoms. The van der Waals surface area contributed by atoms with Crippen LogP contribution in [-0.2, 0) is 16.1 Å². The molecule has 3 aromatic rings. The van der Waals surface area contributed by atoms with Crippen molar-refractivity contribution in [2.24, 2.45) is 0 Å². The van der Waals surface area contributed by atoms with E-state index in [9.17, 15) is 14.4 Å². The predicted molar refractivity (Wildman–Crippen MR) is 133 cm³/mol. The van der Waals surface area contributed by atoms with Gasteiger partial charge in [0.1, 0.15) is 6.61 Å². The fourth-order valence-electron chi connectivity index (χ4n) is 4.37. The maximum Gasteiger partial charge on any atom is 0.410 e. The normalized spacial score (nSPS) is 16.1. The van der Waals surface area contributed by atoms with E-state index < -0.39 is 0 Å². The van der Waals surface area contributed by atoms with Crippen molar-refractivity contribution in [1.29, 1.82) is 0 Å². The third-order valence-corrected chi connectivity index (χ3v) is 6.25. The molecule has 3 aromatic carbocycles. The first kappa shape index (κ1) is 22.4. The SMILES string of the molecule is O=C1Nc2ccccc2/C(=C/C(=O)N2CCN(C(=O)OCc3ccccc3)CC2)c2ccccc21. The molecule has 2 heterocycles. The molecule has 7 heteroatoms. The maximum absolute atomic E-state index is 13.3. The maximum atomic E-state index is 13.3. The van der Waals surface area contributed by atoms with Crippen molar-refractivity contribution < 1.29 is 19.1 Å². The molecule has 5 rings (SSSR count). The minimum atomic E-state index is -0.379. The van der Waals surface area contributed by atoms with Crippen LogP contribution < -0.4 is 5.32 Å². The van der Waals surface area contributed by atoms with Crippen molar-refractivity contribution in [3.63, 3.8) is 0 Å². The number of para-hydroxylation sites is 1. The number of fused-ring (bicyclic) bond motifs is 2. The van der Waals surface area contributed by atoms with Crippen LogP contribution in [0.5, 0.6) is 0 Å². The number of carbonyl (C=O) groups excluding carboxylic acids is 3. The standard InChI is InChI=1S/C28H25N3O4/c32-26(30-14-16-31(17-15-30)28(34)35-19-20-8-2-1-3-9-20)18-24-21-10-4-5-12-23(21)27(33)29-25-13-7-6-11-22(24)25/h1-13,18H,14-17,19H2,(H,29,33)/b24-18+. The summed E-state index contributed by atoms with van der Waals surface area (Å²) in [6.07, 6.45) is 1.22. The first-order chi connectivity index (χ1) is 17.1. The zero-order chi connectivity index (χ0) is 24.2. The van der Waals surface area contributed by atoms with E-state index in [1.165, 1.54) is 0 Å². The third kappa shape index (κ3) is 4.80.